The Balaban J connectivity index is 1.90. The van der Waals surface area contributed by atoms with Crippen LogP contribution in [0.5, 0.6) is 11.5 Å². The van der Waals surface area contributed by atoms with Crippen LogP contribution < -0.4 is 10.6 Å². The van der Waals surface area contributed by atoms with Crippen molar-refractivity contribution in [3.05, 3.63) is 71.8 Å². The summed E-state index contributed by atoms with van der Waals surface area (Å²) in [7, 11) is 0. The van der Waals surface area contributed by atoms with Crippen molar-refractivity contribution in [3.8, 4) is 11.5 Å². The zero-order valence-corrected chi connectivity index (χ0v) is 18.4. The monoisotopic (exact) mass is 456 g/mol. The molecule has 0 aliphatic heterocycles. The lowest BCUT2D eigenvalue weighted by atomic mass is 10.0. The summed E-state index contributed by atoms with van der Waals surface area (Å²) in [5.41, 5.74) is 1.89. The number of phenolic OH excluding ortho intramolecular Hbond substituents is 2. The number of carbonyl (C=O) groups is 3. The summed E-state index contributed by atoms with van der Waals surface area (Å²) in [5.74, 6) is -0.746. The van der Waals surface area contributed by atoms with Crippen LogP contribution in [-0.2, 0) is 31.9 Å². The van der Waals surface area contributed by atoms with E-state index >= 15 is 0 Å². The highest BCUT2D eigenvalue weighted by Gasteiger charge is 2.22. The predicted molar refractivity (Wildman–Crippen MR) is 121 cm³/mol. The largest absolute Gasteiger partial charge is 0.508 e. The van der Waals surface area contributed by atoms with Crippen molar-refractivity contribution in [1.29, 1.82) is 0 Å². The number of amides is 2. The molecule has 2 amide bonds. The van der Waals surface area contributed by atoms with Gasteiger partial charge < -0.3 is 30.3 Å². The van der Waals surface area contributed by atoms with Gasteiger partial charge in [-0.3, -0.25) is 4.79 Å². The van der Waals surface area contributed by atoms with Gasteiger partial charge in [-0.15, -0.1) is 0 Å². The van der Waals surface area contributed by atoms with Gasteiger partial charge in [-0.1, -0.05) is 30.8 Å². The van der Waals surface area contributed by atoms with Crippen LogP contribution in [0.3, 0.4) is 0 Å². The maximum absolute atomic E-state index is 12.7. The second-order valence-electron chi connectivity index (χ2n) is 7.33. The third-order valence-electron chi connectivity index (χ3n) is 4.53. The molecule has 2 aromatic rings. The summed E-state index contributed by atoms with van der Waals surface area (Å²) < 4.78 is 9.85. The van der Waals surface area contributed by atoms with Gasteiger partial charge in [-0.2, -0.15) is 0 Å². The van der Waals surface area contributed by atoms with E-state index in [9.17, 15) is 24.6 Å². The molecule has 2 aromatic carbocycles. The molecule has 1 atom stereocenters. The van der Waals surface area contributed by atoms with Crippen LogP contribution >= 0.6 is 0 Å². The lowest BCUT2D eigenvalue weighted by Gasteiger charge is -2.19. The number of carbonyl (C=O) groups excluding carboxylic acids is 3. The summed E-state index contributed by atoms with van der Waals surface area (Å²) in [4.78, 5) is 36.3. The molecule has 0 saturated carbocycles. The smallest absolute Gasteiger partial charge is 0.407 e. The molecule has 2 rings (SSSR count). The van der Waals surface area contributed by atoms with Gasteiger partial charge >= 0.3 is 12.1 Å². The number of phenols is 2. The summed E-state index contributed by atoms with van der Waals surface area (Å²) >= 11 is 0. The molecule has 0 aliphatic rings. The van der Waals surface area contributed by atoms with E-state index in [-0.39, 0.29) is 36.7 Å². The Morgan fingerprint density at radius 1 is 0.909 bits per heavy atom. The highest BCUT2D eigenvalue weighted by molar-refractivity contribution is 5.87. The molecule has 0 saturated heterocycles. The average Bonchev–Trinajstić information content (AvgIpc) is 2.78. The summed E-state index contributed by atoms with van der Waals surface area (Å²) in [6.45, 7) is 4.96. The number of aromatic hydroxyl groups is 2. The van der Waals surface area contributed by atoms with E-state index in [1.807, 2.05) is 0 Å². The summed E-state index contributed by atoms with van der Waals surface area (Å²) in [6, 6.07) is 12.0. The fraction of sp³-hybridized carbons (Fsp3) is 0.292. The predicted octanol–water partition coefficient (Wildman–Crippen LogP) is 2.21. The number of ether oxygens (including phenoxy) is 2. The van der Waals surface area contributed by atoms with E-state index in [1.54, 1.807) is 36.4 Å². The normalized spacial score (nSPS) is 11.2. The molecule has 0 bridgehead atoms. The van der Waals surface area contributed by atoms with Crippen LogP contribution in [-0.4, -0.2) is 54.0 Å². The molecule has 1 unspecified atom stereocenters. The number of rotatable bonds is 11. The number of hydrogen-bond donors (Lipinski definition) is 4. The molecular weight excluding hydrogens is 428 g/mol. The first-order valence-electron chi connectivity index (χ1n) is 10.3. The number of esters is 1. The van der Waals surface area contributed by atoms with Gasteiger partial charge in [0.05, 0.1) is 0 Å². The fourth-order valence-corrected chi connectivity index (χ4v) is 2.77. The second kappa shape index (κ2) is 12.7. The maximum atomic E-state index is 12.7. The van der Waals surface area contributed by atoms with E-state index < -0.39 is 24.0 Å². The Kier molecular flexibility index (Phi) is 9.76. The highest BCUT2D eigenvalue weighted by atomic mass is 16.6. The van der Waals surface area contributed by atoms with Crippen LogP contribution in [0.25, 0.3) is 0 Å². The standard InChI is InChI=1S/C24H28N2O7/c1-16(2)23(30)32-13-14-33-24(31)26-21(15-18-5-9-20(28)10-6-18)22(29)25-12-11-17-3-7-19(27)8-4-17/h3-10,21,27-28H,1,11-15H2,2H3,(H,25,29)(H,26,31). The molecule has 176 valence electrons. The number of nitrogens with one attached hydrogen (secondary N) is 2. The van der Waals surface area contributed by atoms with E-state index in [4.69, 9.17) is 9.47 Å². The summed E-state index contributed by atoms with van der Waals surface area (Å²) in [6.07, 6.45) is -0.125. The third kappa shape index (κ3) is 9.34. The SMILES string of the molecule is C=C(C)C(=O)OCCOC(=O)NC(Cc1ccc(O)cc1)C(=O)NCCc1ccc(O)cc1. The quantitative estimate of drug-likeness (QED) is 0.231. The minimum absolute atomic E-state index is 0.0883. The van der Waals surface area contributed by atoms with Crippen LogP contribution in [0.15, 0.2) is 60.7 Å². The highest BCUT2D eigenvalue weighted by Crippen LogP contribution is 2.12. The summed E-state index contributed by atoms with van der Waals surface area (Å²) in [5, 5.41) is 24.1. The first-order valence-corrected chi connectivity index (χ1v) is 10.3. The molecule has 0 aliphatic carbocycles. The van der Waals surface area contributed by atoms with Crippen molar-refractivity contribution in [2.75, 3.05) is 19.8 Å². The van der Waals surface area contributed by atoms with E-state index in [2.05, 4.69) is 17.2 Å². The van der Waals surface area contributed by atoms with Gasteiger partial charge in [0, 0.05) is 18.5 Å². The van der Waals surface area contributed by atoms with Crippen molar-refractivity contribution < 1.29 is 34.1 Å². The van der Waals surface area contributed by atoms with Gasteiger partial charge in [0.2, 0.25) is 5.91 Å². The van der Waals surface area contributed by atoms with Crippen LogP contribution in [0, 0.1) is 0 Å². The first kappa shape index (κ1) is 25.3. The van der Waals surface area contributed by atoms with Crippen molar-refractivity contribution in [2.45, 2.75) is 25.8 Å². The second-order valence-corrected chi connectivity index (χ2v) is 7.33. The van der Waals surface area contributed by atoms with Crippen molar-refractivity contribution >= 4 is 18.0 Å². The lowest BCUT2D eigenvalue weighted by molar-refractivity contribution is -0.139. The molecular formula is C24H28N2O7. The van der Waals surface area contributed by atoms with E-state index in [1.165, 1.54) is 19.1 Å². The number of hydrogen-bond acceptors (Lipinski definition) is 7. The van der Waals surface area contributed by atoms with Crippen molar-refractivity contribution in [3.63, 3.8) is 0 Å². The molecule has 9 nitrogen and oxygen atoms in total. The van der Waals surface area contributed by atoms with Crippen molar-refractivity contribution in [2.24, 2.45) is 0 Å². The Bertz CT molecular complexity index is 956. The van der Waals surface area contributed by atoms with Gasteiger partial charge in [0.1, 0.15) is 30.8 Å². The van der Waals surface area contributed by atoms with Crippen molar-refractivity contribution in [1.82, 2.24) is 10.6 Å². The zero-order chi connectivity index (χ0) is 24.2. The average molecular weight is 456 g/mol. The van der Waals surface area contributed by atoms with Crippen LogP contribution in [0.2, 0.25) is 0 Å². The molecule has 9 heteroatoms. The Morgan fingerprint density at radius 3 is 2.03 bits per heavy atom. The molecule has 33 heavy (non-hydrogen) atoms. The van der Waals surface area contributed by atoms with E-state index in [0.717, 1.165) is 11.1 Å². The molecule has 0 heterocycles. The van der Waals surface area contributed by atoms with Gasteiger partial charge in [0.25, 0.3) is 0 Å². The third-order valence-corrected chi connectivity index (χ3v) is 4.53. The Hall–Kier alpha value is -4.01. The van der Waals surface area contributed by atoms with Crippen LogP contribution in [0.1, 0.15) is 18.1 Å². The lowest BCUT2D eigenvalue weighted by Crippen LogP contribution is -2.48. The van der Waals surface area contributed by atoms with Gasteiger partial charge in [-0.05, 0) is 48.7 Å². The number of alkyl carbamates (subject to hydrolysis) is 1. The molecule has 0 aromatic heterocycles. The fourth-order valence-electron chi connectivity index (χ4n) is 2.77. The van der Waals surface area contributed by atoms with Crippen LogP contribution in [0.4, 0.5) is 4.79 Å². The minimum Gasteiger partial charge on any atom is -0.508 e. The zero-order valence-electron chi connectivity index (χ0n) is 18.4. The molecule has 0 fully saturated rings. The molecule has 4 N–H and O–H groups in total. The maximum Gasteiger partial charge on any atom is 0.407 e. The Labute approximate surface area is 192 Å². The first-order chi connectivity index (χ1) is 15.7. The van der Waals surface area contributed by atoms with Gasteiger partial charge in [0.15, 0.2) is 0 Å². The van der Waals surface area contributed by atoms with Gasteiger partial charge in [-0.25, -0.2) is 9.59 Å². The minimum atomic E-state index is -0.931. The molecule has 0 spiro atoms. The topological polar surface area (TPSA) is 134 Å². The number of benzene rings is 2. The Morgan fingerprint density at radius 2 is 1.45 bits per heavy atom. The molecule has 0 radical (unpaired) electrons. The van der Waals surface area contributed by atoms with E-state index in [0.29, 0.717) is 13.0 Å².